The molecule has 3 aromatic rings. The Morgan fingerprint density at radius 1 is 1.18 bits per heavy atom. The lowest BCUT2D eigenvalue weighted by molar-refractivity contribution is 0.247. The molecule has 1 atom stereocenters. The zero-order valence-electron chi connectivity index (χ0n) is 16.9. The van der Waals surface area contributed by atoms with E-state index in [0.29, 0.717) is 0 Å². The fourth-order valence-corrected chi connectivity index (χ4v) is 5.91. The number of aromatic nitrogens is 3. The molecule has 1 fully saturated rings. The van der Waals surface area contributed by atoms with Crippen molar-refractivity contribution in [1.82, 2.24) is 20.0 Å². The maximum atomic E-state index is 5.32. The third kappa shape index (κ3) is 3.10. The summed E-state index contributed by atoms with van der Waals surface area (Å²) < 4.78 is 5.32. The fraction of sp³-hybridized carbons (Fsp3) is 0.571. The summed E-state index contributed by atoms with van der Waals surface area (Å²) in [4.78, 5) is 17.0. The van der Waals surface area contributed by atoms with Gasteiger partial charge in [0, 0.05) is 43.2 Å². The van der Waals surface area contributed by atoms with Crippen molar-refractivity contribution in [2.75, 3.05) is 31.1 Å². The minimum atomic E-state index is 0.782. The largest absolute Gasteiger partial charge is 0.361 e. The van der Waals surface area contributed by atoms with E-state index in [4.69, 9.17) is 9.51 Å². The highest BCUT2D eigenvalue weighted by Gasteiger charge is 2.27. The molecule has 1 unspecified atom stereocenters. The number of piperazine rings is 1. The van der Waals surface area contributed by atoms with Crippen LogP contribution in [0.2, 0.25) is 0 Å². The number of hydrogen-bond donors (Lipinski definition) is 0. The second-order valence-electron chi connectivity index (χ2n) is 8.30. The van der Waals surface area contributed by atoms with E-state index in [2.05, 4.69) is 26.9 Å². The van der Waals surface area contributed by atoms with Gasteiger partial charge in [-0.3, -0.25) is 4.90 Å². The average Bonchev–Trinajstić information content (AvgIpc) is 3.22. The summed E-state index contributed by atoms with van der Waals surface area (Å²) in [5.41, 5.74) is 3.77. The summed E-state index contributed by atoms with van der Waals surface area (Å²) in [6, 6.07) is 0. The molecular formula is C21H27N5OS. The van der Waals surface area contributed by atoms with Gasteiger partial charge in [0.1, 0.15) is 22.7 Å². The van der Waals surface area contributed by atoms with Crippen LogP contribution < -0.4 is 4.90 Å². The molecule has 0 bridgehead atoms. The van der Waals surface area contributed by atoms with Gasteiger partial charge in [-0.15, -0.1) is 11.3 Å². The number of thiophene rings is 1. The summed E-state index contributed by atoms with van der Waals surface area (Å²) in [7, 11) is 0. The number of anilines is 1. The number of nitrogens with zero attached hydrogens (tertiary/aromatic N) is 5. The summed E-state index contributed by atoms with van der Waals surface area (Å²) in [6.07, 6.45) is 5.39. The molecule has 1 saturated heterocycles. The Morgan fingerprint density at radius 2 is 2.00 bits per heavy atom. The van der Waals surface area contributed by atoms with Crippen LogP contribution in [0.5, 0.6) is 0 Å². The van der Waals surface area contributed by atoms with Crippen LogP contribution in [-0.2, 0) is 19.4 Å². The molecule has 28 heavy (non-hydrogen) atoms. The molecule has 5 rings (SSSR count). The van der Waals surface area contributed by atoms with E-state index in [1.54, 1.807) is 6.33 Å². The third-order valence-electron chi connectivity index (χ3n) is 6.31. The Balaban J connectivity index is 1.36. The first kappa shape index (κ1) is 18.1. The highest BCUT2D eigenvalue weighted by Crippen LogP contribution is 2.40. The molecule has 3 aromatic heterocycles. The van der Waals surface area contributed by atoms with Gasteiger partial charge in [0.25, 0.3) is 0 Å². The van der Waals surface area contributed by atoms with Gasteiger partial charge >= 0.3 is 0 Å². The normalized spacial score (nSPS) is 20.7. The maximum Gasteiger partial charge on any atom is 0.141 e. The van der Waals surface area contributed by atoms with Gasteiger partial charge in [-0.25, -0.2) is 9.97 Å². The van der Waals surface area contributed by atoms with E-state index in [-0.39, 0.29) is 0 Å². The SMILES string of the molecule is Cc1noc(C)c1CN1CCN(c2ncnc3sc4c(c23)CCC(C)C4)CC1. The van der Waals surface area contributed by atoms with Gasteiger partial charge in [-0.05, 0) is 44.6 Å². The highest BCUT2D eigenvalue weighted by molar-refractivity contribution is 7.19. The molecular weight excluding hydrogens is 370 g/mol. The van der Waals surface area contributed by atoms with E-state index in [1.807, 2.05) is 25.2 Å². The monoisotopic (exact) mass is 397 g/mol. The molecule has 7 heteroatoms. The van der Waals surface area contributed by atoms with Crippen molar-refractivity contribution in [3.63, 3.8) is 0 Å². The summed E-state index contributed by atoms with van der Waals surface area (Å²) in [6.45, 7) is 11.4. The minimum absolute atomic E-state index is 0.782. The van der Waals surface area contributed by atoms with E-state index in [1.165, 1.54) is 45.5 Å². The van der Waals surface area contributed by atoms with Gasteiger partial charge in [-0.2, -0.15) is 0 Å². The molecule has 0 spiro atoms. The van der Waals surface area contributed by atoms with Crippen molar-refractivity contribution in [2.45, 2.75) is 46.6 Å². The summed E-state index contributed by atoms with van der Waals surface area (Å²) in [5.74, 6) is 2.87. The van der Waals surface area contributed by atoms with Crippen LogP contribution in [0.25, 0.3) is 10.2 Å². The fourth-order valence-electron chi connectivity index (χ4n) is 4.57. The zero-order chi connectivity index (χ0) is 19.3. The molecule has 0 saturated carbocycles. The average molecular weight is 398 g/mol. The van der Waals surface area contributed by atoms with E-state index >= 15 is 0 Å². The van der Waals surface area contributed by atoms with Gasteiger partial charge in [0.05, 0.1) is 11.1 Å². The van der Waals surface area contributed by atoms with Crippen molar-refractivity contribution in [3.8, 4) is 0 Å². The van der Waals surface area contributed by atoms with Crippen molar-refractivity contribution in [1.29, 1.82) is 0 Å². The number of rotatable bonds is 3. The molecule has 0 radical (unpaired) electrons. The Kier molecular flexibility index (Phi) is 4.59. The third-order valence-corrected chi connectivity index (χ3v) is 7.47. The zero-order valence-corrected chi connectivity index (χ0v) is 17.7. The first-order valence-corrected chi connectivity index (χ1v) is 11.1. The molecule has 0 aromatic carbocycles. The number of hydrogen-bond acceptors (Lipinski definition) is 7. The van der Waals surface area contributed by atoms with E-state index in [0.717, 1.165) is 55.9 Å². The molecule has 1 aliphatic carbocycles. The smallest absolute Gasteiger partial charge is 0.141 e. The van der Waals surface area contributed by atoms with Crippen molar-refractivity contribution in [2.24, 2.45) is 5.92 Å². The predicted molar refractivity (Wildman–Crippen MR) is 112 cm³/mol. The second kappa shape index (κ2) is 7.12. The van der Waals surface area contributed by atoms with Crippen LogP contribution in [0.15, 0.2) is 10.9 Å². The molecule has 6 nitrogen and oxygen atoms in total. The minimum Gasteiger partial charge on any atom is -0.361 e. The Labute approximate surface area is 169 Å². The van der Waals surface area contributed by atoms with Crippen molar-refractivity contribution < 1.29 is 4.52 Å². The lowest BCUT2D eigenvalue weighted by Crippen LogP contribution is -2.46. The molecule has 148 valence electrons. The topological polar surface area (TPSA) is 58.3 Å². The quantitative estimate of drug-likeness (QED) is 0.671. The van der Waals surface area contributed by atoms with Gasteiger partial charge < -0.3 is 9.42 Å². The Bertz CT molecular complexity index is 982. The maximum absolute atomic E-state index is 5.32. The molecule has 4 heterocycles. The molecule has 0 amide bonds. The molecule has 2 aliphatic rings. The predicted octanol–water partition coefficient (Wildman–Crippen LogP) is 3.74. The standard InChI is InChI=1S/C21H27N5OS/c1-13-4-5-16-18(10-13)28-21-19(16)20(22-12-23-21)26-8-6-25(7-9-26)11-17-14(2)24-27-15(17)3/h12-13H,4-11H2,1-3H3. The van der Waals surface area contributed by atoms with Crippen LogP contribution in [0.3, 0.4) is 0 Å². The Morgan fingerprint density at radius 3 is 2.75 bits per heavy atom. The number of aryl methyl sites for hydroxylation is 3. The first-order chi connectivity index (χ1) is 13.6. The highest BCUT2D eigenvalue weighted by atomic mass is 32.1. The van der Waals surface area contributed by atoms with Crippen LogP contribution in [-0.4, -0.2) is 46.2 Å². The first-order valence-electron chi connectivity index (χ1n) is 10.2. The van der Waals surface area contributed by atoms with Gasteiger partial charge in [0.15, 0.2) is 0 Å². The lowest BCUT2D eigenvalue weighted by Gasteiger charge is -2.35. The molecule has 0 N–H and O–H groups in total. The van der Waals surface area contributed by atoms with Crippen molar-refractivity contribution >= 4 is 27.4 Å². The Hall–Kier alpha value is -1.99. The van der Waals surface area contributed by atoms with Crippen LogP contribution in [0, 0.1) is 19.8 Å². The van der Waals surface area contributed by atoms with Crippen LogP contribution >= 0.6 is 11.3 Å². The summed E-state index contributed by atoms with van der Waals surface area (Å²) >= 11 is 1.88. The lowest BCUT2D eigenvalue weighted by atomic mass is 9.89. The van der Waals surface area contributed by atoms with Crippen LogP contribution in [0.1, 0.15) is 40.8 Å². The van der Waals surface area contributed by atoms with Gasteiger partial charge in [0.2, 0.25) is 0 Å². The van der Waals surface area contributed by atoms with E-state index in [9.17, 15) is 0 Å². The van der Waals surface area contributed by atoms with Gasteiger partial charge in [-0.1, -0.05) is 12.1 Å². The van der Waals surface area contributed by atoms with E-state index < -0.39 is 0 Å². The molecule has 1 aliphatic heterocycles. The van der Waals surface area contributed by atoms with Crippen molar-refractivity contribution in [3.05, 3.63) is 33.8 Å². The summed E-state index contributed by atoms with van der Waals surface area (Å²) in [5, 5.41) is 5.42. The van der Waals surface area contributed by atoms with Crippen LogP contribution in [0.4, 0.5) is 5.82 Å². The number of fused-ring (bicyclic) bond motifs is 3. The second-order valence-corrected chi connectivity index (χ2v) is 9.38.